The highest BCUT2D eigenvalue weighted by molar-refractivity contribution is 5.95. The van der Waals surface area contributed by atoms with Crippen LogP contribution in [0.5, 0.6) is 0 Å². The van der Waals surface area contributed by atoms with E-state index >= 15 is 0 Å². The van der Waals surface area contributed by atoms with Gasteiger partial charge in [0.25, 0.3) is 0 Å². The summed E-state index contributed by atoms with van der Waals surface area (Å²) in [7, 11) is 0. The van der Waals surface area contributed by atoms with Crippen molar-refractivity contribution in [3.63, 3.8) is 0 Å². The van der Waals surface area contributed by atoms with E-state index in [2.05, 4.69) is 4.90 Å². The molecule has 1 heterocycles. The van der Waals surface area contributed by atoms with Gasteiger partial charge >= 0.3 is 6.03 Å². The molecule has 1 aliphatic rings. The normalized spacial score (nSPS) is 15.3. The quantitative estimate of drug-likeness (QED) is 0.722. The summed E-state index contributed by atoms with van der Waals surface area (Å²) >= 11 is 0. The minimum Gasteiger partial charge on any atom is -0.325 e. The molecule has 1 fully saturated rings. The maximum absolute atomic E-state index is 12.3. The Hall–Kier alpha value is -1.88. The van der Waals surface area contributed by atoms with Gasteiger partial charge in [0.15, 0.2) is 5.78 Å². The van der Waals surface area contributed by atoms with Crippen molar-refractivity contribution in [2.45, 2.75) is 26.7 Å². The molecule has 132 valence electrons. The molecule has 5 heteroatoms. The van der Waals surface area contributed by atoms with Crippen LogP contribution in [0.25, 0.3) is 0 Å². The largest absolute Gasteiger partial charge is 0.325 e. The Labute approximate surface area is 145 Å². The van der Waals surface area contributed by atoms with Crippen LogP contribution in [0.1, 0.15) is 37.0 Å². The van der Waals surface area contributed by atoms with Gasteiger partial charge in [0.2, 0.25) is 0 Å². The third-order valence-electron chi connectivity index (χ3n) is 4.65. The molecule has 0 N–H and O–H groups in total. The van der Waals surface area contributed by atoms with Gasteiger partial charge in [-0.25, -0.2) is 4.79 Å². The molecular weight excluding hydrogens is 302 g/mol. The first-order chi connectivity index (χ1) is 11.7. The van der Waals surface area contributed by atoms with Crippen LogP contribution in [0.3, 0.4) is 0 Å². The van der Waals surface area contributed by atoms with Crippen molar-refractivity contribution < 1.29 is 9.59 Å². The summed E-state index contributed by atoms with van der Waals surface area (Å²) in [6.07, 6.45) is 1.46. The number of Topliss-reactive ketones (excluding diaryl/α,β-unsaturated/α-hetero) is 1. The van der Waals surface area contributed by atoms with Gasteiger partial charge in [-0.1, -0.05) is 30.3 Å². The average molecular weight is 331 g/mol. The molecule has 24 heavy (non-hydrogen) atoms. The molecule has 0 bridgehead atoms. The summed E-state index contributed by atoms with van der Waals surface area (Å²) in [6, 6.07) is 9.63. The summed E-state index contributed by atoms with van der Waals surface area (Å²) in [6.45, 7) is 9.83. The van der Waals surface area contributed by atoms with E-state index in [4.69, 9.17) is 0 Å². The smallest absolute Gasteiger partial charge is 0.320 e. The van der Waals surface area contributed by atoms with Gasteiger partial charge in [-0.15, -0.1) is 0 Å². The van der Waals surface area contributed by atoms with E-state index in [0.717, 1.165) is 57.8 Å². The van der Waals surface area contributed by atoms with Crippen LogP contribution in [0.4, 0.5) is 4.79 Å². The van der Waals surface area contributed by atoms with E-state index in [1.165, 1.54) is 0 Å². The van der Waals surface area contributed by atoms with Gasteiger partial charge in [-0.2, -0.15) is 0 Å². The molecule has 5 nitrogen and oxygen atoms in total. The maximum Gasteiger partial charge on any atom is 0.320 e. The number of amides is 2. The summed E-state index contributed by atoms with van der Waals surface area (Å²) in [5.41, 5.74) is 0.798. The average Bonchev–Trinajstić information content (AvgIpc) is 2.64. The lowest BCUT2D eigenvalue weighted by Gasteiger charge is -2.37. The number of hydrogen-bond acceptors (Lipinski definition) is 3. The van der Waals surface area contributed by atoms with Crippen LogP contribution >= 0.6 is 0 Å². The van der Waals surface area contributed by atoms with Gasteiger partial charge in [-0.05, 0) is 26.8 Å². The fraction of sp³-hybridized carbons (Fsp3) is 0.579. The molecule has 0 atom stereocenters. The minimum atomic E-state index is 0.152. The van der Waals surface area contributed by atoms with E-state index in [9.17, 15) is 9.59 Å². The van der Waals surface area contributed by atoms with Crippen molar-refractivity contribution in [3.8, 4) is 0 Å². The van der Waals surface area contributed by atoms with E-state index in [-0.39, 0.29) is 11.8 Å². The van der Waals surface area contributed by atoms with Crippen LogP contribution in [0.15, 0.2) is 30.3 Å². The molecule has 2 rings (SSSR count). The lowest BCUT2D eigenvalue weighted by atomic mass is 10.1. The second-order valence-corrected chi connectivity index (χ2v) is 6.18. The second kappa shape index (κ2) is 9.42. The van der Waals surface area contributed by atoms with Crippen LogP contribution in [-0.2, 0) is 0 Å². The Morgan fingerprint density at radius 2 is 1.62 bits per heavy atom. The zero-order chi connectivity index (χ0) is 17.4. The molecular formula is C19H29N3O2. The van der Waals surface area contributed by atoms with Crippen LogP contribution in [-0.4, -0.2) is 72.3 Å². The first-order valence-corrected chi connectivity index (χ1v) is 9.00. The number of carbonyl (C=O) groups excluding carboxylic acids is 2. The number of hydrogen-bond donors (Lipinski definition) is 0. The van der Waals surface area contributed by atoms with Gasteiger partial charge < -0.3 is 9.80 Å². The number of nitrogens with zero attached hydrogens (tertiary/aromatic N) is 3. The van der Waals surface area contributed by atoms with Crippen LogP contribution in [0, 0.1) is 0 Å². The molecule has 0 aromatic heterocycles. The molecule has 0 spiro atoms. The Morgan fingerprint density at radius 1 is 1.00 bits per heavy atom. The van der Waals surface area contributed by atoms with Gasteiger partial charge in [0.05, 0.1) is 0 Å². The minimum absolute atomic E-state index is 0.152. The zero-order valence-corrected chi connectivity index (χ0v) is 14.9. The highest BCUT2D eigenvalue weighted by atomic mass is 16.2. The number of benzene rings is 1. The van der Waals surface area contributed by atoms with Gasteiger partial charge in [0.1, 0.15) is 0 Å². The van der Waals surface area contributed by atoms with Crippen molar-refractivity contribution in [3.05, 3.63) is 35.9 Å². The van der Waals surface area contributed by atoms with E-state index in [1.807, 2.05) is 54.0 Å². The van der Waals surface area contributed by atoms with Crippen molar-refractivity contribution in [1.82, 2.24) is 14.7 Å². The number of carbonyl (C=O) groups is 2. The Kier molecular flexibility index (Phi) is 7.25. The molecule has 0 saturated carbocycles. The van der Waals surface area contributed by atoms with Crippen molar-refractivity contribution in [1.29, 1.82) is 0 Å². The molecule has 0 radical (unpaired) electrons. The number of ketones is 1. The predicted octanol–water partition coefficient (Wildman–Crippen LogP) is 2.73. The lowest BCUT2D eigenvalue weighted by molar-refractivity contribution is 0.0961. The number of urea groups is 1. The fourth-order valence-corrected chi connectivity index (χ4v) is 3.09. The van der Waals surface area contributed by atoms with Crippen LogP contribution < -0.4 is 0 Å². The van der Waals surface area contributed by atoms with E-state index < -0.39 is 0 Å². The molecule has 1 aromatic carbocycles. The topological polar surface area (TPSA) is 43.9 Å². The molecule has 1 aliphatic heterocycles. The van der Waals surface area contributed by atoms with Crippen molar-refractivity contribution in [2.24, 2.45) is 0 Å². The third-order valence-corrected chi connectivity index (χ3v) is 4.65. The number of rotatable bonds is 7. The molecule has 0 aliphatic carbocycles. The fourth-order valence-electron chi connectivity index (χ4n) is 3.09. The van der Waals surface area contributed by atoms with Gasteiger partial charge in [0, 0.05) is 51.3 Å². The molecule has 2 amide bonds. The first kappa shape index (κ1) is 18.5. The van der Waals surface area contributed by atoms with E-state index in [0.29, 0.717) is 6.42 Å². The van der Waals surface area contributed by atoms with Crippen molar-refractivity contribution in [2.75, 3.05) is 45.8 Å². The van der Waals surface area contributed by atoms with Gasteiger partial charge in [-0.3, -0.25) is 9.69 Å². The summed E-state index contributed by atoms with van der Waals surface area (Å²) < 4.78 is 0. The SMILES string of the molecule is CCN(CC)C(=O)N1CCN(CCCC(=O)c2ccccc2)CC1. The zero-order valence-electron chi connectivity index (χ0n) is 14.9. The second-order valence-electron chi connectivity index (χ2n) is 6.18. The predicted molar refractivity (Wildman–Crippen MR) is 96.3 cm³/mol. The summed E-state index contributed by atoms with van der Waals surface area (Å²) in [4.78, 5) is 30.6. The monoisotopic (exact) mass is 331 g/mol. The Balaban J connectivity index is 1.68. The summed E-state index contributed by atoms with van der Waals surface area (Å²) in [5.74, 6) is 0.214. The lowest BCUT2D eigenvalue weighted by Crippen LogP contribution is -2.52. The number of piperazine rings is 1. The Bertz CT molecular complexity index is 521. The Morgan fingerprint density at radius 3 is 2.21 bits per heavy atom. The van der Waals surface area contributed by atoms with Crippen molar-refractivity contribution >= 4 is 11.8 Å². The summed E-state index contributed by atoms with van der Waals surface area (Å²) in [5, 5.41) is 0. The highest BCUT2D eigenvalue weighted by Crippen LogP contribution is 2.09. The highest BCUT2D eigenvalue weighted by Gasteiger charge is 2.23. The molecule has 1 saturated heterocycles. The third kappa shape index (κ3) is 5.06. The maximum atomic E-state index is 12.3. The van der Waals surface area contributed by atoms with E-state index in [1.54, 1.807) is 0 Å². The first-order valence-electron chi connectivity index (χ1n) is 9.00. The molecule has 0 unspecified atom stereocenters. The standard InChI is InChI=1S/C19H29N3O2/c1-3-21(4-2)19(24)22-15-13-20(14-16-22)12-8-11-18(23)17-9-6-5-7-10-17/h5-7,9-10H,3-4,8,11-16H2,1-2H3. The van der Waals surface area contributed by atoms with Crippen LogP contribution in [0.2, 0.25) is 0 Å². The molecule has 1 aromatic rings.